The van der Waals surface area contributed by atoms with E-state index in [0.29, 0.717) is 12.1 Å². The van der Waals surface area contributed by atoms with Crippen molar-refractivity contribution < 1.29 is 23.7 Å². The van der Waals surface area contributed by atoms with E-state index in [-0.39, 0.29) is 43.3 Å². The number of aromatic amines is 1. The van der Waals surface area contributed by atoms with Gasteiger partial charge in [0, 0.05) is 49.4 Å². The fourth-order valence-corrected chi connectivity index (χ4v) is 4.59. The summed E-state index contributed by atoms with van der Waals surface area (Å²) in [6.07, 6.45) is 4.01. The third-order valence-corrected chi connectivity index (χ3v) is 6.53. The van der Waals surface area contributed by atoms with E-state index in [4.69, 9.17) is 11.5 Å². The Balaban J connectivity index is 1.97. The molecule has 0 bridgehead atoms. The first-order valence-corrected chi connectivity index (χ1v) is 9.16. The van der Waals surface area contributed by atoms with Crippen molar-refractivity contribution in [2.75, 3.05) is 6.54 Å². The lowest BCUT2D eigenvalue weighted by molar-refractivity contribution is -0.805. The molecule has 1 aliphatic carbocycles. The topological polar surface area (TPSA) is 149 Å². The number of imidazole rings is 1. The fraction of sp³-hybridized carbons (Fsp3) is 0.611. The molecule has 0 aromatic carbocycles. The number of H-pyrrole nitrogens is 1. The molecule has 5 N–H and O–H groups in total. The lowest BCUT2D eigenvalue weighted by Gasteiger charge is -2.44. The molecule has 1 aromatic rings. The van der Waals surface area contributed by atoms with E-state index in [9.17, 15) is 19.2 Å². The number of amides is 3. The summed E-state index contributed by atoms with van der Waals surface area (Å²) in [5.74, 6) is -1.49. The molecule has 146 valence electrons. The molecule has 2 unspecified atom stereocenters. The van der Waals surface area contributed by atoms with Gasteiger partial charge in [-0.3, -0.25) is 9.59 Å². The fourth-order valence-electron chi connectivity index (χ4n) is 4.59. The molecule has 4 atom stereocenters. The minimum absolute atomic E-state index is 0.0158. The van der Waals surface area contributed by atoms with Crippen molar-refractivity contribution in [3.05, 3.63) is 18.2 Å². The van der Waals surface area contributed by atoms with E-state index in [1.54, 1.807) is 13.1 Å². The van der Waals surface area contributed by atoms with Crippen LogP contribution in [0.25, 0.3) is 0 Å². The number of hydrogen-bond acceptors (Lipinski definition) is 6. The number of nitrogens with two attached hydrogens (primary N) is 2. The van der Waals surface area contributed by atoms with Gasteiger partial charge in [0.25, 0.3) is 0 Å². The number of carbonyl (C=O) groups is 4. The minimum atomic E-state index is -1.32. The molecule has 27 heavy (non-hydrogen) atoms. The van der Waals surface area contributed by atoms with Gasteiger partial charge in [-0.15, -0.1) is 0 Å². The number of nitrogens with one attached hydrogen (secondary N) is 1. The predicted octanol–water partition coefficient (Wildman–Crippen LogP) is 0.0483. The Labute approximate surface area is 157 Å². The third-order valence-electron chi connectivity index (χ3n) is 6.53. The lowest BCUT2D eigenvalue weighted by Crippen LogP contribution is -2.75. The number of carbonyl (C=O) groups excluding carboxylic acids is 4. The van der Waals surface area contributed by atoms with Gasteiger partial charge in [-0.25, -0.2) is 14.6 Å². The standard InChI is InChI=1S/C18H25N5O4/c1-10-3-4-23(17(20)27,16(26)14(19)7-12-8-21-9-22-12)18(10,2)15(25)11-5-13(24)6-11/h8-11,14H,3-7,19H2,1-2H3,(H2-,20,21,22,27)/p+1/t10?,14-,18+,23?/m0/s1. The van der Waals surface area contributed by atoms with Crippen molar-refractivity contribution in [3.8, 4) is 0 Å². The molecule has 2 aliphatic rings. The van der Waals surface area contributed by atoms with Gasteiger partial charge in [-0.05, 0) is 6.92 Å². The van der Waals surface area contributed by atoms with Crippen LogP contribution in [-0.4, -0.2) is 56.1 Å². The van der Waals surface area contributed by atoms with E-state index in [2.05, 4.69) is 9.97 Å². The average Bonchev–Trinajstić information content (AvgIpc) is 3.19. The number of likely N-dealkylation sites (tertiary alicyclic amines) is 1. The van der Waals surface area contributed by atoms with E-state index in [0.717, 1.165) is 0 Å². The SMILES string of the molecule is CC1CC[N+](C(N)=O)(C(=O)[C@@H](N)Cc2cnc[nH]2)[C@@]1(C)C(=O)C1CC(=O)C1. The van der Waals surface area contributed by atoms with E-state index < -0.39 is 33.9 Å². The van der Waals surface area contributed by atoms with E-state index in [1.165, 1.54) is 6.33 Å². The average molecular weight is 376 g/mol. The number of nitrogens with zero attached hydrogens (tertiary/aromatic N) is 2. The highest BCUT2D eigenvalue weighted by Gasteiger charge is 2.69. The highest BCUT2D eigenvalue weighted by atomic mass is 16.2. The molecule has 2 fully saturated rings. The smallest absolute Gasteiger partial charge is 0.348 e. The Morgan fingerprint density at radius 3 is 2.59 bits per heavy atom. The van der Waals surface area contributed by atoms with E-state index in [1.807, 2.05) is 6.92 Å². The molecule has 1 aromatic heterocycles. The van der Waals surface area contributed by atoms with Gasteiger partial charge in [-0.2, -0.15) is 4.48 Å². The van der Waals surface area contributed by atoms with Gasteiger partial charge in [0.05, 0.1) is 12.9 Å². The highest BCUT2D eigenvalue weighted by molar-refractivity contribution is 6.03. The second-order valence-electron chi connectivity index (χ2n) is 7.94. The maximum Gasteiger partial charge on any atom is 0.422 e. The van der Waals surface area contributed by atoms with Crippen LogP contribution in [0.15, 0.2) is 12.5 Å². The van der Waals surface area contributed by atoms with Gasteiger partial charge >= 0.3 is 11.9 Å². The Kier molecular flexibility index (Phi) is 4.77. The van der Waals surface area contributed by atoms with Crippen LogP contribution in [0.2, 0.25) is 0 Å². The van der Waals surface area contributed by atoms with Gasteiger partial charge in [0.1, 0.15) is 11.8 Å². The molecule has 3 amide bonds. The number of hydrogen-bond donors (Lipinski definition) is 3. The Morgan fingerprint density at radius 1 is 1.41 bits per heavy atom. The van der Waals surface area contributed by atoms with Crippen molar-refractivity contribution in [1.29, 1.82) is 0 Å². The molecule has 9 heteroatoms. The van der Waals surface area contributed by atoms with Gasteiger partial charge < -0.3 is 16.5 Å². The summed E-state index contributed by atoms with van der Waals surface area (Å²) in [5, 5.41) is 0. The summed E-state index contributed by atoms with van der Waals surface area (Å²) in [6, 6.07) is -1.88. The highest BCUT2D eigenvalue weighted by Crippen LogP contribution is 2.46. The summed E-state index contributed by atoms with van der Waals surface area (Å²) in [6.45, 7) is 3.60. The molecular weight excluding hydrogens is 350 g/mol. The number of ketones is 2. The summed E-state index contributed by atoms with van der Waals surface area (Å²) in [5.41, 5.74) is 11.2. The zero-order valence-electron chi connectivity index (χ0n) is 15.6. The van der Waals surface area contributed by atoms with Crippen molar-refractivity contribution in [2.24, 2.45) is 23.3 Å². The Hall–Kier alpha value is -2.39. The molecule has 0 spiro atoms. The van der Waals surface area contributed by atoms with Gasteiger partial charge in [-0.1, -0.05) is 6.92 Å². The number of Topliss-reactive ketones (excluding diaryl/α,β-unsaturated/α-hetero) is 2. The van der Waals surface area contributed by atoms with Crippen LogP contribution in [-0.2, 0) is 20.8 Å². The van der Waals surface area contributed by atoms with Crippen LogP contribution in [0.5, 0.6) is 0 Å². The normalized spacial score (nSPS) is 32.1. The summed E-state index contributed by atoms with van der Waals surface area (Å²) in [7, 11) is 0. The molecule has 0 radical (unpaired) electrons. The third kappa shape index (κ3) is 2.72. The second kappa shape index (κ2) is 6.65. The first-order chi connectivity index (χ1) is 12.6. The van der Waals surface area contributed by atoms with E-state index >= 15 is 0 Å². The molecule has 2 heterocycles. The zero-order valence-corrected chi connectivity index (χ0v) is 15.6. The summed E-state index contributed by atoms with van der Waals surface area (Å²) >= 11 is 0. The van der Waals surface area contributed by atoms with Crippen molar-refractivity contribution in [1.82, 2.24) is 9.97 Å². The second-order valence-corrected chi connectivity index (χ2v) is 7.94. The molecule has 1 aliphatic heterocycles. The van der Waals surface area contributed by atoms with Crippen LogP contribution in [0.4, 0.5) is 4.79 Å². The molecule has 9 nitrogen and oxygen atoms in total. The number of quaternary nitrogens is 1. The Bertz CT molecular complexity index is 784. The molecule has 1 saturated heterocycles. The number of primary amides is 1. The van der Waals surface area contributed by atoms with Crippen LogP contribution in [0, 0.1) is 11.8 Å². The number of urea groups is 1. The van der Waals surface area contributed by atoms with Crippen LogP contribution >= 0.6 is 0 Å². The molecule has 1 saturated carbocycles. The first-order valence-electron chi connectivity index (χ1n) is 9.16. The van der Waals surface area contributed by atoms with Crippen molar-refractivity contribution in [2.45, 2.75) is 51.1 Å². The number of rotatable bonds is 5. The van der Waals surface area contributed by atoms with Crippen LogP contribution in [0.1, 0.15) is 38.8 Å². The maximum atomic E-state index is 13.4. The summed E-state index contributed by atoms with van der Waals surface area (Å²) < 4.78 is -0.785. The quantitative estimate of drug-likeness (QED) is 0.618. The molecular formula is C18H26N5O4+. The van der Waals surface area contributed by atoms with Crippen molar-refractivity contribution in [3.63, 3.8) is 0 Å². The lowest BCUT2D eigenvalue weighted by atomic mass is 9.70. The number of aromatic nitrogens is 2. The van der Waals surface area contributed by atoms with Crippen LogP contribution < -0.4 is 11.5 Å². The largest absolute Gasteiger partial charge is 0.422 e. The minimum Gasteiger partial charge on any atom is -0.348 e. The Morgan fingerprint density at radius 2 is 2.07 bits per heavy atom. The monoisotopic (exact) mass is 376 g/mol. The van der Waals surface area contributed by atoms with Crippen molar-refractivity contribution >= 4 is 23.5 Å². The van der Waals surface area contributed by atoms with Gasteiger partial charge in [0.2, 0.25) is 0 Å². The predicted molar refractivity (Wildman–Crippen MR) is 94.9 cm³/mol. The first kappa shape index (κ1) is 19.4. The summed E-state index contributed by atoms with van der Waals surface area (Å²) in [4.78, 5) is 57.4. The number of imide groups is 1. The zero-order chi connectivity index (χ0) is 20.0. The van der Waals surface area contributed by atoms with Crippen LogP contribution in [0.3, 0.4) is 0 Å². The van der Waals surface area contributed by atoms with Gasteiger partial charge in [0.15, 0.2) is 11.3 Å². The maximum absolute atomic E-state index is 13.4. The molecule has 3 rings (SSSR count).